The fraction of sp³-hybridized carbons (Fsp3) is 0.971. The number of hydrogen-bond acceptors (Lipinski definition) is 5. The number of unbranched alkanes of at least 4 members (excludes halogenated alkanes) is 56. The lowest BCUT2D eigenvalue weighted by Gasteiger charge is -2.22. The van der Waals surface area contributed by atoms with Crippen LogP contribution in [0.15, 0.2) is 0 Å². The highest BCUT2D eigenvalue weighted by molar-refractivity contribution is 5.76. The fourth-order valence-corrected chi connectivity index (χ4v) is 11.5. The Morgan fingerprint density at radius 1 is 0.316 bits per heavy atom. The number of carbonyl (C=O) groups excluding carboxylic acids is 2. The van der Waals surface area contributed by atoms with Gasteiger partial charge in [0.15, 0.2) is 0 Å². The predicted octanol–water partition coefficient (Wildman–Crippen LogP) is 22.6. The van der Waals surface area contributed by atoms with Gasteiger partial charge in [-0.2, -0.15) is 0 Å². The van der Waals surface area contributed by atoms with Crippen LogP contribution in [-0.4, -0.2) is 47.4 Å². The smallest absolute Gasteiger partial charge is 0.305 e. The minimum atomic E-state index is -0.657. The minimum absolute atomic E-state index is 0.0249. The van der Waals surface area contributed by atoms with Crippen LogP contribution in [0.3, 0.4) is 0 Å². The summed E-state index contributed by atoms with van der Waals surface area (Å²) in [6.07, 6.45) is 80.4. The van der Waals surface area contributed by atoms with Crippen LogP contribution in [0.1, 0.15) is 412 Å². The third-order valence-electron chi connectivity index (χ3n) is 16.9. The average molecular weight is 1070 g/mol. The zero-order valence-corrected chi connectivity index (χ0v) is 52.0. The quantitative estimate of drug-likeness (QED) is 0.0417. The Labute approximate surface area is 476 Å². The van der Waals surface area contributed by atoms with Crippen LogP contribution in [0, 0.1) is 0 Å². The first-order chi connectivity index (χ1) is 37.5. The number of hydrogen-bond donors (Lipinski definition) is 3. The van der Waals surface area contributed by atoms with E-state index in [1.54, 1.807) is 0 Å². The number of aliphatic hydroxyl groups is 2. The minimum Gasteiger partial charge on any atom is -0.466 e. The Balaban J connectivity index is 3.26. The summed E-state index contributed by atoms with van der Waals surface area (Å²) in [5, 5.41) is 23.2. The molecule has 6 heteroatoms. The van der Waals surface area contributed by atoms with Gasteiger partial charge in [-0.15, -0.1) is 0 Å². The van der Waals surface area contributed by atoms with Crippen molar-refractivity contribution >= 4 is 11.9 Å². The molecular weight excluding hydrogens is 935 g/mol. The number of rotatable bonds is 67. The van der Waals surface area contributed by atoms with Crippen LogP contribution in [0.25, 0.3) is 0 Å². The van der Waals surface area contributed by atoms with E-state index < -0.39 is 12.1 Å². The Bertz CT molecular complexity index is 1100. The largest absolute Gasteiger partial charge is 0.466 e. The predicted molar refractivity (Wildman–Crippen MR) is 334 cm³/mol. The summed E-state index contributed by atoms with van der Waals surface area (Å²) in [4.78, 5) is 24.5. The lowest BCUT2D eigenvalue weighted by Crippen LogP contribution is -2.45. The molecule has 0 aromatic rings. The SMILES string of the molecule is CCCCCCCCCCCCCCC(=O)OCCCCCCCCCCCCCCCCCCCCCCCCCCCCCCCCCCCCCCCC(=O)NC(CO)C(O)CCCCCCCCCCCC. The standard InChI is InChI=1S/C70H139NO5/c1-3-5-7-9-11-13-15-44-48-52-56-60-64-70(75)76-65-61-57-53-49-45-42-40-38-36-34-32-30-28-26-24-22-20-18-16-17-19-21-23-25-27-29-31-33-35-37-39-41-43-47-51-55-59-63-69(74)71-67(66-72)68(73)62-58-54-50-46-14-12-10-8-6-4-2/h67-68,72-73H,3-66H2,1-2H3,(H,71,74). The van der Waals surface area contributed by atoms with E-state index >= 15 is 0 Å². The van der Waals surface area contributed by atoms with Crippen molar-refractivity contribution in [3.05, 3.63) is 0 Å². The van der Waals surface area contributed by atoms with Crippen molar-refractivity contribution in [1.82, 2.24) is 5.32 Å². The van der Waals surface area contributed by atoms with Gasteiger partial charge in [-0.3, -0.25) is 9.59 Å². The van der Waals surface area contributed by atoms with Crippen LogP contribution in [0.2, 0.25) is 0 Å². The summed E-state index contributed by atoms with van der Waals surface area (Å²) >= 11 is 0. The maximum atomic E-state index is 12.4. The maximum Gasteiger partial charge on any atom is 0.305 e. The maximum absolute atomic E-state index is 12.4. The summed E-state index contributed by atoms with van der Waals surface area (Å²) in [6, 6.07) is -0.534. The lowest BCUT2D eigenvalue weighted by molar-refractivity contribution is -0.143. The van der Waals surface area contributed by atoms with Gasteiger partial charge in [0, 0.05) is 12.8 Å². The third kappa shape index (κ3) is 62.1. The van der Waals surface area contributed by atoms with E-state index in [0.717, 1.165) is 38.5 Å². The van der Waals surface area contributed by atoms with Gasteiger partial charge in [0.1, 0.15) is 0 Å². The summed E-state index contributed by atoms with van der Waals surface area (Å²) in [7, 11) is 0. The number of nitrogens with one attached hydrogen (secondary N) is 1. The van der Waals surface area contributed by atoms with Crippen LogP contribution < -0.4 is 5.32 Å². The van der Waals surface area contributed by atoms with Crippen molar-refractivity contribution in [2.24, 2.45) is 0 Å². The van der Waals surface area contributed by atoms with E-state index in [2.05, 4.69) is 19.2 Å². The summed E-state index contributed by atoms with van der Waals surface area (Å²) in [6.45, 7) is 4.98. The van der Waals surface area contributed by atoms with Crippen LogP contribution in [-0.2, 0) is 14.3 Å². The van der Waals surface area contributed by atoms with Gasteiger partial charge in [-0.1, -0.05) is 373 Å². The lowest BCUT2D eigenvalue weighted by atomic mass is 10.0. The first-order valence-electron chi connectivity index (χ1n) is 35.3. The zero-order valence-electron chi connectivity index (χ0n) is 52.0. The van der Waals surface area contributed by atoms with Crippen molar-refractivity contribution in [3.8, 4) is 0 Å². The molecule has 0 heterocycles. The van der Waals surface area contributed by atoms with Gasteiger partial charge in [-0.25, -0.2) is 0 Å². The monoisotopic (exact) mass is 1070 g/mol. The highest BCUT2D eigenvalue weighted by atomic mass is 16.5. The van der Waals surface area contributed by atoms with E-state index in [1.807, 2.05) is 0 Å². The molecule has 0 radical (unpaired) electrons. The zero-order chi connectivity index (χ0) is 55.0. The molecule has 0 fully saturated rings. The molecule has 454 valence electrons. The van der Waals surface area contributed by atoms with E-state index in [0.29, 0.717) is 25.9 Å². The molecule has 0 aliphatic rings. The molecule has 0 aromatic carbocycles. The fourth-order valence-electron chi connectivity index (χ4n) is 11.5. The van der Waals surface area contributed by atoms with Crippen molar-refractivity contribution in [3.63, 3.8) is 0 Å². The van der Waals surface area contributed by atoms with E-state index in [4.69, 9.17) is 4.74 Å². The number of carbonyl (C=O) groups is 2. The Kier molecular flexibility index (Phi) is 65.4. The van der Waals surface area contributed by atoms with Crippen molar-refractivity contribution < 1.29 is 24.5 Å². The first kappa shape index (κ1) is 74.9. The molecule has 0 aliphatic heterocycles. The van der Waals surface area contributed by atoms with Gasteiger partial charge >= 0.3 is 5.97 Å². The second-order valence-corrected chi connectivity index (χ2v) is 24.6. The summed E-state index contributed by atoms with van der Waals surface area (Å²) in [5.41, 5.74) is 0. The topological polar surface area (TPSA) is 95.9 Å². The average Bonchev–Trinajstić information content (AvgIpc) is 3.42. The molecule has 0 aliphatic carbocycles. The number of amides is 1. The van der Waals surface area contributed by atoms with E-state index in [9.17, 15) is 19.8 Å². The molecule has 76 heavy (non-hydrogen) atoms. The normalized spacial score (nSPS) is 12.4. The molecule has 6 nitrogen and oxygen atoms in total. The first-order valence-corrected chi connectivity index (χ1v) is 35.3. The Morgan fingerprint density at radius 3 is 0.803 bits per heavy atom. The van der Waals surface area contributed by atoms with Gasteiger partial charge in [0.05, 0.1) is 25.4 Å². The molecule has 0 saturated heterocycles. The van der Waals surface area contributed by atoms with Crippen molar-refractivity contribution in [2.45, 2.75) is 424 Å². The number of aliphatic hydroxyl groups excluding tert-OH is 2. The molecule has 0 saturated carbocycles. The Morgan fingerprint density at radius 2 is 0.539 bits per heavy atom. The molecule has 0 rings (SSSR count). The number of esters is 1. The van der Waals surface area contributed by atoms with Crippen molar-refractivity contribution in [2.75, 3.05) is 13.2 Å². The highest BCUT2D eigenvalue weighted by Crippen LogP contribution is 2.20. The van der Waals surface area contributed by atoms with Gasteiger partial charge in [0.25, 0.3) is 0 Å². The van der Waals surface area contributed by atoms with Crippen LogP contribution >= 0.6 is 0 Å². The molecule has 2 atom stereocenters. The molecule has 0 aromatic heterocycles. The molecule has 1 amide bonds. The Hall–Kier alpha value is -1.14. The molecule has 2 unspecified atom stereocenters. The number of ether oxygens (including phenoxy) is 1. The highest BCUT2D eigenvalue weighted by Gasteiger charge is 2.20. The second-order valence-electron chi connectivity index (χ2n) is 24.6. The van der Waals surface area contributed by atoms with Gasteiger partial charge < -0.3 is 20.3 Å². The second kappa shape index (κ2) is 66.4. The molecule has 3 N–H and O–H groups in total. The molecular formula is C70H139NO5. The van der Waals surface area contributed by atoms with Crippen molar-refractivity contribution in [1.29, 1.82) is 0 Å². The summed E-state index contributed by atoms with van der Waals surface area (Å²) < 4.78 is 5.49. The van der Waals surface area contributed by atoms with E-state index in [1.165, 1.54) is 340 Å². The summed E-state index contributed by atoms with van der Waals surface area (Å²) in [5.74, 6) is -0.00341. The van der Waals surface area contributed by atoms with Crippen LogP contribution in [0.4, 0.5) is 0 Å². The van der Waals surface area contributed by atoms with Crippen LogP contribution in [0.5, 0.6) is 0 Å². The van der Waals surface area contributed by atoms with Gasteiger partial charge in [0.2, 0.25) is 5.91 Å². The molecule has 0 bridgehead atoms. The van der Waals surface area contributed by atoms with E-state index in [-0.39, 0.29) is 18.5 Å². The molecule has 0 spiro atoms. The van der Waals surface area contributed by atoms with Gasteiger partial charge in [-0.05, 0) is 25.7 Å². The third-order valence-corrected chi connectivity index (χ3v) is 16.9.